The van der Waals surface area contributed by atoms with E-state index < -0.39 is 12.1 Å². The predicted octanol–water partition coefficient (Wildman–Crippen LogP) is 6.96. The monoisotopic (exact) mass is 608 g/mol. The van der Waals surface area contributed by atoms with Crippen molar-refractivity contribution in [1.82, 2.24) is 19.9 Å². The Labute approximate surface area is 257 Å². The topological polar surface area (TPSA) is 89.0 Å². The molecule has 7 rings (SSSR count). The molecule has 1 aliphatic heterocycles. The molecule has 9 heteroatoms. The van der Waals surface area contributed by atoms with Crippen LogP contribution in [0.25, 0.3) is 21.8 Å². The summed E-state index contributed by atoms with van der Waals surface area (Å²) < 4.78 is 7.46. The molecule has 6 aromatic rings. The molecule has 1 aliphatic rings. The van der Waals surface area contributed by atoms with Crippen molar-refractivity contribution in [3.05, 3.63) is 140 Å². The fourth-order valence-corrected chi connectivity index (χ4v) is 6.31. The van der Waals surface area contributed by atoms with E-state index in [0.29, 0.717) is 35.8 Å². The molecule has 0 radical (unpaired) electrons. The largest absolute Gasteiger partial charge is 0.489 e. The first-order chi connectivity index (χ1) is 20.9. The standard InChI is InChI=1S/C34H26Cl2N4O3/c35-23-16-26-31(27(36)17-23)39-32-29(14-20-10-12-24(13-11-20)43-19-21-6-2-1-3-7-21)38-33(41)30(40(32)34(26)42)15-22-18-37-28-9-5-4-8-25(22)28/h1-13,16-18,29-30,37H,14-15,19H2,(H,38,41)/t29-,30+/m0/s1. The number of halogens is 2. The van der Waals surface area contributed by atoms with E-state index in [9.17, 15) is 9.59 Å². The van der Waals surface area contributed by atoms with Crippen LogP contribution in [0.4, 0.5) is 0 Å². The Morgan fingerprint density at radius 3 is 2.42 bits per heavy atom. The highest BCUT2D eigenvalue weighted by Gasteiger charge is 2.36. The summed E-state index contributed by atoms with van der Waals surface area (Å²) in [7, 11) is 0. The number of benzene rings is 4. The maximum Gasteiger partial charge on any atom is 0.262 e. The SMILES string of the molecule is O=C1N[C@@H](Cc2ccc(OCc3ccccc3)cc2)c2nc3c(Cl)cc(Cl)cc3c(=O)n2[C@@H]1Cc1c[nH]c2ccccc12. The number of nitrogens with zero attached hydrogens (tertiary/aromatic N) is 2. The van der Waals surface area contributed by atoms with Gasteiger partial charge in [-0.05, 0) is 53.4 Å². The Kier molecular flexibility index (Phi) is 7.13. The number of H-pyrrole nitrogens is 1. The quantitative estimate of drug-likeness (QED) is 0.205. The zero-order valence-corrected chi connectivity index (χ0v) is 24.4. The van der Waals surface area contributed by atoms with Crippen molar-refractivity contribution in [1.29, 1.82) is 0 Å². The third kappa shape index (κ3) is 5.26. The van der Waals surface area contributed by atoms with Crippen LogP contribution in [0, 0.1) is 0 Å². The van der Waals surface area contributed by atoms with E-state index >= 15 is 0 Å². The van der Waals surface area contributed by atoms with Crippen LogP contribution in [-0.4, -0.2) is 20.4 Å². The summed E-state index contributed by atoms with van der Waals surface area (Å²) >= 11 is 12.8. The maximum atomic E-state index is 14.1. The van der Waals surface area contributed by atoms with Crippen LogP contribution < -0.4 is 15.6 Å². The number of fused-ring (bicyclic) bond motifs is 3. The minimum Gasteiger partial charge on any atom is -0.489 e. The highest BCUT2D eigenvalue weighted by Crippen LogP contribution is 2.32. The fourth-order valence-electron chi connectivity index (χ4n) is 5.78. The number of carbonyl (C=O) groups is 1. The minimum absolute atomic E-state index is 0.248. The maximum absolute atomic E-state index is 14.1. The highest BCUT2D eigenvalue weighted by atomic mass is 35.5. The molecule has 0 unspecified atom stereocenters. The van der Waals surface area contributed by atoms with Crippen LogP contribution >= 0.6 is 23.2 Å². The first kappa shape index (κ1) is 27.3. The molecule has 0 saturated heterocycles. The summed E-state index contributed by atoms with van der Waals surface area (Å²) in [5.41, 5.74) is 3.94. The Morgan fingerprint density at radius 2 is 1.60 bits per heavy atom. The predicted molar refractivity (Wildman–Crippen MR) is 169 cm³/mol. The van der Waals surface area contributed by atoms with Crippen molar-refractivity contribution in [2.75, 3.05) is 0 Å². The summed E-state index contributed by atoms with van der Waals surface area (Å²) in [4.78, 5) is 35.9. The molecule has 0 saturated carbocycles. The molecule has 2 atom stereocenters. The van der Waals surface area contributed by atoms with Gasteiger partial charge in [0.05, 0.1) is 22.0 Å². The number of nitrogens with one attached hydrogen (secondary N) is 2. The van der Waals surface area contributed by atoms with Crippen LogP contribution in [0.2, 0.25) is 10.0 Å². The van der Waals surface area contributed by atoms with Gasteiger partial charge in [0.1, 0.15) is 24.2 Å². The van der Waals surface area contributed by atoms with Crippen molar-refractivity contribution < 1.29 is 9.53 Å². The van der Waals surface area contributed by atoms with Crippen LogP contribution in [-0.2, 0) is 24.2 Å². The number of hydrogen-bond donors (Lipinski definition) is 2. The Morgan fingerprint density at radius 1 is 0.837 bits per heavy atom. The van der Waals surface area contributed by atoms with Crippen molar-refractivity contribution in [2.45, 2.75) is 31.5 Å². The first-order valence-electron chi connectivity index (χ1n) is 14.0. The Balaban J connectivity index is 1.24. The minimum atomic E-state index is -0.804. The third-order valence-electron chi connectivity index (χ3n) is 7.89. The van der Waals surface area contributed by atoms with E-state index in [2.05, 4.69) is 10.3 Å². The van der Waals surface area contributed by atoms with Crippen LogP contribution in [0.1, 0.15) is 34.6 Å². The molecule has 0 bridgehead atoms. The number of rotatable bonds is 7. The summed E-state index contributed by atoms with van der Waals surface area (Å²) in [6.45, 7) is 0.467. The summed E-state index contributed by atoms with van der Waals surface area (Å²) in [6, 6.07) is 27.4. The van der Waals surface area contributed by atoms with Crippen molar-refractivity contribution in [3.63, 3.8) is 0 Å². The van der Waals surface area contributed by atoms with Crippen LogP contribution in [0.3, 0.4) is 0 Å². The zero-order valence-electron chi connectivity index (χ0n) is 22.9. The summed E-state index contributed by atoms with van der Waals surface area (Å²) in [5.74, 6) is 0.945. The van der Waals surface area contributed by atoms with Gasteiger partial charge in [0.15, 0.2) is 0 Å². The molecule has 0 aliphatic carbocycles. The van der Waals surface area contributed by atoms with Gasteiger partial charge in [-0.25, -0.2) is 4.98 Å². The van der Waals surface area contributed by atoms with Gasteiger partial charge in [-0.15, -0.1) is 0 Å². The van der Waals surface area contributed by atoms with Crippen LogP contribution in [0.15, 0.2) is 102 Å². The lowest BCUT2D eigenvalue weighted by Gasteiger charge is -2.33. The molecule has 1 amide bonds. The second-order valence-corrected chi connectivity index (χ2v) is 11.5. The molecule has 7 nitrogen and oxygen atoms in total. The molecule has 2 N–H and O–H groups in total. The second kappa shape index (κ2) is 11.2. The molecule has 0 fully saturated rings. The fraction of sp³-hybridized carbons (Fsp3) is 0.147. The molecule has 43 heavy (non-hydrogen) atoms. The second-order valence-electron chi connectivity index (χ2n) is 10.7. The molecule has 3 heterocycles. The number of amides is 1. The van der Waals surface area contributed by atoms with Gasteiger partial charge >= 0.3 is 0 Å². The number of aromatic amines is 1. The zero-order chi connectivity index (χ0) is 29.5. The number of hydrogen-bond acceptors (Lipinski definition) is 4. The lowest BCUT2D eigenvalue weighted by molar-refractivity contribution is -0.126. The van der Waals surface area contributed by atoms with Gasteiger partial charge in [-0.1, -0.05) is 83.9 Å². The van der Waals surface area contributed by atoms with E-state index in [1.807, 2.05) is 85.1 Å². The van der Waals surface area contributed by atoms with Crippen molar-refractivity contribution in [2.24, 2.45) is 0 Å². The number of para-hydroxylation sites is 1. The van der Waals surface area contributed by atoms with Gasteiger partial charge in [0.2, 0.25) is 5.91 Å². The molecule has 214 valence electrons. The highest BCUT2D eigenvalue weighted by molar-refractivity contribution is 6.38. The molecular formula is C34H26Cl2N4O3. The number of ether oxygens (including phenoxy) is 1. The van der Waals surface area contributed by atoms with Gasteiger partial charge in [-0.2, -0.15) is 0 Å². The first-order valence-corrected chi connectivity index (χ1v) is 14.7. The molecule has 2 aromatic heterocycles. The van der Waals surface area contributed by atoms with Gasteiger partial charge in [0.25, 0.3) is 5.56 Å². The average Bonchev–Trinajstić information content (AvgIpc) is 3.42. The summed E-state index contributed by atoms with van der Waals surface area (Å²) in [5, 5.41) is 5.04. The smallest absolute Gasteiger partial charge is 0.262 e. The third-order valence-corrected chi connectivity index (χ3v) is 8.40. The van der Waals surface area contributed by atoms with E-state index in [0.717, 1.165) is 33.3 Å². The molecular weight excluding hydrogens is 583 g/mol. The molecule has 0 spiro atoms. The Hall–Kier alpha value is -4.59. The van der Waals surface area contributed by atoms with E-state index in [-0.39, 0.29) is 21.9 Å². The van der Waals surface area contributed by atoms with Gasteiger partial charge < -0.3 is 15.0 Å². The average molecular weight is 610 g/mol. The number of carbonyl (C=O) groups excluding carboxylic acids is 1. The lowest BCUT2D eigenvalue weighted by atomic mass is 9.97. The van der Waals surface area contributed by atoms with E-state index in [1.54, 1.807) is 12.1 Å². The normalized spacial score (nSPS) is 16.3. The van der Waals surface area contributed by atoms with Gasteiger partial charge in [0, 0.05) is 28.5 Å². The van der Waals surface area contributed by atoms with E-state index in [4.69, 9.17) is 32.9 Å². The van der Waals surface area contributed by atoms with E-state index in [1.165, 1.54) is 4.57 Å². The van der Waals surface area contributed by atoms with Crippen molar-refractivity contribution in [3.8, 4) is 5.75 Å². The Bertz CT molecular complexity index is 2040. The van der Waals surface area contributed by atoms with Crippen LogP contribution in [0.5, 0.6) is 5.75 Å². The lowest BCUT2D eigenvalue weighted by Crippen LogP contribution is -2.49. The summed E-state index contributed by atoms with van der Waals surface area (Å²) in [6.07, 6.45) is 2.62. The van der Waals surface area contributed by atoms with Crippen molar-refractivity contribution >= 4 is 50.9 Å². The van der Waals surface area contributed by atoms with Gasteiger partial charge in [-0.3, -0.25) is 14.2 Å². The number of aromatic nitrogens is 3. The molecule has 4 aromatic carbocycles.